The summed E-state index contributed by atoms with van der Waals surface area (Å²) in [6, 6.07) is 0. The molecule has 31 heavy (non-hydrogen) atoms. The van der Waals surface area contributed by atoms with Crippen molar-refractivity contribution in [3.63, 3.8) is 0 Å². The molecular weight excluding hydrogens is 406 g/mol. The van der Waals surface area contributed by atoms with Crippen LogP contribution in [-0.4, -0.2) is 73.8 Å². The molecule has 0 saturated heterocycles. The molecule has 0 aromatic rings. The van der Waals surface area contributed by atoms with Crippen molar-refractivity contribution in [3.8, 4) is 0 Å². The maximum atomic E-state index is 11.9. The minimum Gasteiger partial charge on any atom is -0.464 e. The molecule has 0 aliphatic carbocycles. The summed E-state index contributed by atoms with van der Waals surface area (Å²) in [5, 5.41) is 0. The third-order valence-corrected chi connectivity index (χ3v) is 3.38. The number of rotatable bonds is 10. The lowest BCUT2D eigenvalue weighted by Gasteiger charge is -2.24. The van der Waals surface area contributed by atoms with Crippen molar-refractivity contribution in [1.82, 2.24) is 4.90 Å². The van der Waals surface area contributed by atoms with Gasteiger partial charge in [-0.15, -0.1) is 0 Å². The van der Waals surface area contributed by atoms with Crippen LogP contribution in [0, 0.1) is 5.41 Å². The summed E-state index contributed by atoms with van der Waals surface area (Å²) < 4.78 is 25.7. The highest BCUT2D eigenvalue weighted by Gasteiger charge is 2.20. The van der Waals surface area contributed by atoms with Crippen molar-refractivity contribution < 1.29 is 38.1 Å². The molecule has 0 amide bonds. The Kier molecular flexibility index (Phi) is 11.9. The Morgan fingerprint density at radius 2 is 0.968 bits per heavy atom. The van der Waals surface area contributed by atoms with Gasteiger partial charge >= 0.3 is 18.3 Å². The van der Waals surface area contributed by atoms with Crippen molar-refractivity contribution >= 4 is 18.3 Å². The zero-order chi connectivity index (χ0) is 24.3. The molecular formula is C22H41NO8. The van der Waals surface area contributed by atoms with Gasteiger partial charge in [-0.2, -0.15) is 0 Å². The van der Waals surface area contributed by atoms with Gasteiger partial charge < -0.3 is 23.7 Å². The maximum absolute atomic E-state index is 11.9. The van der Waals surface area contributed by atoms with Crippen LogP contribution >= 0.6 is 0 Å². The minimum atomic E-state index is -0.756. The Bertz CT molecular complexity index is 489. The molecule has 9 nitrogen and oxygen atoms in total. The zero-order valence-electron chi connectivity index (χ0n) is 20.7. The SMILES string of the molecule is CC(C)(C)CC(=O)OCCN(CCOC(=O)OC(C)(C)C)CCOC(=O)OC(C)(C)C. The van der Waals surface area contributed by atoms with Crippen molar-refractivity contribution in [1.29, 1.82) is 0 Å². The lowest BCUT2D eigenvalue weighted by Crippen LogP contribution is -2.36. The summed E-state index contributed by atoms with van der Waals surface area (Å²) in [5.41, 5.74) is -1.43. The monoisotopic (exact) mass is 447 g/mol. The third-order valence-electron chi connectivity index (χ3n) is 3.38. The first-order chi connectivity index (χ1) is 14.0. The topological polar surface area (TPSA) is 101 Å². The molecule has 0 aliphatic heterocycles. The number of hydrogen-bond donors (Lipinski definition) is 0. The number of ether oxygens (including phenoxy) is 5. The lowest BCUT2D eigenvalue weighted by atomic mass is 9.93. The molecule has 0 unspecified atom stereocenters. The van der Waals surface area contributed by atoms with E-state index in [9.17, 15) is 14.4 Å². The van der Waals surface area contributed by atoms with E-state index in [2.05, 4.69) is 0 Å². The standard InChI is InChI=1S/C22H41NO8/c1-20(2,3)16-17(24)27-13-10-23(11-14-28-18(25)30-21(4,5)6)12-15-29-19(26)31-22(7,8)9/h10-16H2,1-9H3. The average Bonchev–Trinajstić information content (AvgIpc) is 2.49. The van der Waals surface area contributed by atoms with Gasteiger partial charge in [0, 0.05) is 19.6 Å². The summed E-state index contributed by atoms with van der Waals surface area (Å²) in [6.45, 7) is 17.8. The number of nitrogens with zero attached hydrogens (tertiary/aromatic N) is 1. The van der Waals surface area contributed by atoms with Gasteiger partial charge in [0.2, 0.25) is 0 Å². The van der Waals surface area contributed by atoms with Crippen molar-refractivity contribution in [3.05, 3.63) is 0 Å². The van der Waals surface area contributed by atoms with E-state index in [0.717, 1.165) is 0 Å². The molecule has 0 atom stereocenters. The van der Waals surface area contributed by atoms with Crippen LogP contribution in [-0.2, 0) is 28.5 Å². The van der Waals surface area contributed by atoms with Crippen LogP contribution in [0.1, 0.15) is 68.7 Å². The minimum absolute atomic E-state index is 0.0806. The lowest BCUT2D eigenvalue weighted by molar-refractivity contribution is -0.146. The molecule has 0 N–H and O–H groups in total. The van der Waals surface area contributed by atoms with Crippen molar-refractivity contribution in [2.24, 2.45) is 5.41 Å². The van der Waals surface area contributed by atoms with Crippen molar-refractivity contribution in [2.75, 3.05) is 39.5 Å². The van der Waals surface area contributed by atoms with Gasteiger partial charge in [-0.05, 0) is 47.0 Å². The highest BCUT2D eigenvalue weighted by Crippen LogP contribution is 2.18. The molecule has 0 heterocycles. The third kappa shape index (κ3) is 19.7. The molecule has 0 rings (SSSR count). The fourth-order valence-electron chi connectivity index (χ4n) is 2.18. The van der Waals surface area contributed by atoms with E-state index in [0.29, 0.717) is 26.1 Å². The van der Waals surface area contributed by atoms with Gasteiger partial charge in [0.05, 0.1) is 6.42 Å². The van der Waals surface area contributed by atoms with Crippen LogP contribution in [0.2, 0.25) is 0 Å². The first-order valence-corrected chi connectivity index (χ1v) is 10.6. The van der Waals surface area contributed by atoms with Crippen LogP contribution in [0.4, 0.5) is 9.59 Å². The molecule has 0 aromatic heterocycles. The zero-order valence-corrected chi connectivity index (χ0v) is 20.7. The Labute approximate surface area is 186 Å². The highest BCUT2D eigenvalue weighted by molar-refractivity contribution is 5.70. The maximum Gasteiger partial charge on any atom is 0.508 e. The van der Waals surface area contributed by atoms with Crippen LogP contribution in [0.5, 0.6) is 0 Å². The fraction of sp³-hybridized carbons (Fsp3) is 0.864. The quantitative estimate of drug-likeness (QED) is 0.361. The van der Waals surface area contributed by atoms with E-state index < -0.39 is 23.5 Å². The normalized spacial score (nSPS) is 12.3. The molecule has 0 radical (unpaired) electrons. The molecule has 0 aliphatic rings. The predicted octanol–water partition coefficient (Wildman–Crippen LogP) is 4.17. The van der Waals surface area contributed by atoms with Gasteiger partial charge in [-0.25, -0.2) is 9.59 Å². The number of esters is 1. The summed E-state index contributed by atoms with van der Waals surface area (Å²) in [4.78, 5) is 37.1. The Balaban J connectivity index is 4.55. The Hall–Kier alpha value is -2.03. The Morgan fingerprint density at radius 1 is 0.613 bits per heavy atom. The predicted molar refractivity (Wildman–Crippen MR) is 116 cm³/mol. The summed E-state index contributed by atoms with van der Waals surface area (Å²) in [6.07, 6.45) is -1.20. The summed E-state index contributed by atoms with van der Waals surface area (Å²) in [5.74, 6) is -0.276. The summed E-state index contributed by atoms with van der Waals surface area (Å²) in [7, 11) is 0. The first kappa shape index (κ1) is 29.0. The Morgan fingerprint density at radius 3 is 1.29 bits per heavy atom. The molecule has 0 fully saturated rings. The average molecular weight is 448 g/mol. The summed E-state index contributed by atoms with van der Waals surface area (Å²) >= 11 is 0. The van der Waals surface area contributed by atoms with Gasteiger partial charge in [0.1, 0.15) is 31.0 Å². The van der Waals surface area contributed by atoms with Gasteiger partial charge in [0.25, 0.3) is 0 Å². The van der Waals surface area contributed by atoms with Crippen LogP contribution in [0.25, 0.3) is 0 Å². The van der Waals surface area contributed by atoms with Crippen LogP contribution < -0.4 is 0 Å². The fourth-order valence-corrected chi connectivity index (χ4v) is 2.18. The molecule has 182 valence electrons. The van der Waals surface area contributed by atoms with Crippen molar-refractivity contribution in [2.45, 2.75) is 79.9 Å². The van der Waals surface area contributed by atoms with Gasteiger partial charge in [-0.3, -0.25) is 9.69 Å². The molecule has 9 heteroatoms. The molecule has 0 saturated carbocycles. The smallest absolute Gasteiger partial charge is 0.464 e. The van der Waals surface area contributed by atoms with Gasteiger partial charge in [0.15, 0.2) is 0 Å². The molecule has 0 spiro atoms. The van der Waals surface area contributed by atoms with Crippen LogP contribution in [0.15, 0.2) is 0 Å². The van der Waals surface area contributed by atoms with E-state index in [1.54, 1.807) is 41.5 Å². The van der Waals surface area contributed by atoms with E-state index in [1.165, 1.54) is 0 Å². The number of carbonyl (C=O) groups excluding carboxylic acids is 3. The van der Waals surface area contributed by atoms with E-state index in [4.69, 9.17) is 23.7 Å². The van der Waals surface area contributed by atoms with E-state index in [1.807, 2.05) is 25.7 Å². The highest BCUT2D eigenvalue weighted by atomic mass is 16.7. The van der Waals surface area contributed by atoms with Crippen LogP contribution in [0.3, 0.4) is 0 Å². The second kappa shape index (κ2) is 12.7. The first-order valence-electron chi connectivity index (χ1n) is 10.6. The van der Waals surface area contributed by atoms with E-state index in [-0.39, 0.29) is 31.2 Å². The van der Waals surface area contributed by atoms with Gasteiger partial charge in [-0.1, -0.05) is 20.8 Å². The number of carbonyl (C=O) groups is 3. The van der Waals surface area contributed by atoms with E-state index >= 15 is 0 Å². The second-order valence-corrected chi connectivity index (χ2v) is 10.4. The second-order valence-electron chi connectivity index (χ2n) is 10.4. The largest absolute Gasteiger partial charge is 0.508 e. The molecule has 0 aromatic carbocycles. The number of hydrogen-bond acceptors (Lipinski definition) is 9. The molecule has 0 bridgehead atoms.